The highest BCUT2D eigenvalue weighted by atomic mass is 79.9. The Hall–Kier alpha value is -2.67. The smallest absolute Gasteiger partial charge is 0.253 e. The molecule has 0 atom stereocenters. The zero-order valence-electron chi connectivity index (χ0n) is 11.3. The van der Waals surface area contributed by atoms with Crippen molar-refractivity contribution in [2.45, 2.75) is 0 Å². The van der Waals surface area contributed by atoms with E-state index >= 15 is 0 Å². The van der Waals surface area contributed by atoms with Crippen LogP contribution in [0, 0.1) is 0 Å². The third-order valence-corrected chi connectivity index (χ3v) is 3.72. The summed E-state index contributed by atoms with van der Waals surface area (Å²) in [4.78, 5) is 17.0. The molecule has 0 unspecified atom stereocenters. The molecule has 0 bridgehead atoms. The van der Waals surface area contributed by atoms with Gasteiger partial charge in [-0.05, 0) is 46.3 Å². The molecular formula is C15H9BrN6. The maximum Gasteiger partial charge on any atom is 0.253 e. The van der Waals surface area contributed by atoms with Crippen molar-refractivity contribution >= 4 is 21.7 Å². The van der Waals surface area contributed by atoms with Crippen molar-refractivity contribution in [1.29, 1.82) is 0 Å². The second-order valence-electron chi connectivity index (χ2n) is 4.60. The number of pyridine rings is 2. The lowest BCUT2D eigenvalue weighted by molar-refractivity contribution is 0.948. The number of fused-ring (bicyclic) bond motifs is 1. The first-order chi connectivity index (χ1) is 10.8. The Bertz CT molecular complexity index is 933. The quantitative estimate of drug-likeness (QED) is 0.518. The van der Waals surface area contributed by atoms with Crippen LogP contribution in [-0.2, 0) is 0 Å². The minimum Gasteiger partial charge on any atom is -0.265 e. The molecule has 4 aromatic heterocycles. The molecule has 4 aromatic rings. The predicted octanol–water partition coefficient (Wildman–Crippen LogP) is 3.01. The first kappa shape index (κ1) is 13.0. The number of hydrogen-bond donors (Lipinski definition) is 0. The fourth-order valence-electron chi connectivity index (χ4n) is 2.22. The van der Waals surface area contributed by atoms with Crippen molar-refractivity contribution in [2.24, 2.45) is 0 Å². The summed E-state index contributed by atoms with van der Waals surface area (Å²) in [5.41, 5.74) is 3.62. The Morgan fingerprint density at radius 3 is 2.59 bits per heavy atom. The normalized spacial score (nSPS) is 11.0. The summed E-state index contributed by atoms with van der Waals surface area (Å²) in [6.45, 7) is 0. The number of halogens is 1. The Kier molecular flexibility index (Phi) is 3.12. The lowest BCUT2D eigenvalue weighted by Gasteiger charge is -2.07. The molecule has 4 heterocycles. The average molecular weight is 353 g/mol. The van der Waals surface area contributed by atoms with Crippen molar-refractivity contribution in [3.8, 4) is 22.5 Å². The van der Waals surface area contributed by atoms with E-state index < -0.39 is 0 Å². The SMILES string of the molecule is Brc1ccc(-c2cc(-c3ccncc3)n3ncnc3n2)cn1. The van der Waals surface area contributed by atoms with Gasteiger partial charge in [0.25, 0.3) is 5.78 Å². The molecule has 6 nitrogen and oxygen atoms in total. The summed E-state index contributed by atoms with van der Waals surface area (Å²) in [6.07, 6.45) is 6.77. The number of rotatable bonds is 2. The van der Waals surface area contributed by atoms with E-state index in [1.165, 1.54) is 6.33 Å². The summed E-state index contributed by atoms with van der Waals surface area (Å²) in [7, 11) is 0. The zero-order valence-corrected chi connectivity index (χ0v) is 12.8. The number of aromatic nitrogens is 6. The van der Waals surface area contributed by atoms with E-state index in [9.17, 15) is 0 Å². The molecule has 0 N–H and O–H groups in total. The maximum absolute atomic E-state index is 4.54. The van der Waals surface area contributed by atoms with Crippen LogP contribution in [0.4, 0.5) is 0 Å². The molecule has 7 heteroatoms. The van der Waals surface area contributed by atoms with Crippen molar-refractivity contribution in [1.82, 2.24) is 29.5 Å². The molecule has 0 aromatic carbocycles. The highest BCUT2D eigenvalue weighted by molar-refractivity contribution is 9.10. The van der Waals surface area contributed by atoms with Crippen LogP contribution in [-0.4, -0.2) is 29.5 Å². The van der Waals surface area contributed by atoms with E-state index in [1.807, 2.05) is 30.3 Å². The molecular weight excluding hydrogens is 344 g/mol. The zero-order chi connectivity index (χ0) is 14.9. The molecule has 0 saturated carbocycles. The van der Waals surface area contributed by atoms with E-state index in [2.05, 4.69) is 41.0 Å². The summed E-state index contributed by atoms with van der Waals surface area (Å²) >= 11 is 3.34. The summed E-state index contributed by atoms with van der Waals surface area (Å²) in [6, 6.07) is 9.68. The van der Waals surface area contributed by atoms with Crippen LogP contribution in [0.2, 0.25) is 0 Å². The molecule has 0 aliphatic heterocycles. The Balaban J connectivity index is 1.96. The highest BCUT2D eigenvalue weighted by Crippen LogP contribution is 2.25. The lowest BCUT2D eigenvalue weighted by atomic mass is 10.1. The molecule has 0 fully saturated rings. The molecule has 4 rings (SSSR count). The third kappa shape index (κ3) is 2.25. The highest BCUT2D eigenvalue weighted by Gasteiger charge is 2.11. The monoisotopic (exact) mass is 352 g/mol. The van der Waals surface area contributed by atoms with Gasteiger partial charge < -0.3 is 0 Å². The van der Waals surface area contributed by atoms with Crippen LogP contribution >= 0.6 is 15.9 Å². The van der Waals surface area contributed by atoms with Crippen molar-refractivity contribution in [3.05, 3.63) is 59.9 Å². The minimum atomic E-state index is 0.548. The average Bonchev–Trinajstić information content (AvgIpc) is 3.04. The van der Waals surface area contributed by atoms with Gasteiger partial charge in [0, 0.05) is 29.7 Å². The van der Waals surface area contributed by atoms with Crippen LogP contribution in [0.5, 0.6) is 0 Å². The standard InChI is InChI=1S/C15H9BrN6/c16-14-2-1-11(8-18-14)12-7-13(10-3-5-17-6-4-10)22-15(21-12)19-9-20-22/h1-9H. The molecule has 0 amide bonds. The molecule has 0 aliphatic rings. The van der Waals surface area contributed by atoms with E-state index in [-0.39, 0.29) is 0 Å². The van der Waals surface area contributed by atoms with Gasteiger partial charge in [0.2, 0.25) is 0 Å². The van der Waals surface area contributed by atoms with Gasteiger partial charge in [0.05, 0.1) is 11.4 Å². The van der Waals surface area contributed by atoms with Gasteiger partial charge in [-0.3, -0.25) is 4.98 Å². The third-order valence-electron chi connectivity index (χ3n) is 3.25. The number of hydrogen-bond acceptors (Lipinski definition) is 5. The fourth-order valence-corrected chi connectivity index (χ4v) is 2.45. The van der Waals surface area contributed by atoms with Gasteiger partial charge in [-0.1, -0.05) is 0 Å². The van der Waals surface area contributed by atoms with Crippen LogP contribution in [0.3, 0.4) is 0 Å². The van der Waals surface area contributed by atoms with Gasteiger partial charge >= 0.3 is 0 Å². The minimum absolute atomic E-state index is 0.548. The van der Waals surface area contributed by atoms with Crippen LogP contribution < -0.4 is 0 Å². The topological polar surface area (TPSA) is 68.9 Å². The van der Waals surface area contributed by atoms with E-state index in [4.69, 9.17) is 0 Å². The first-order valence-corrected chi connectivity index (χ1v) is 7.34. The van der Waals surface area contributed by atoms with E-state index in [0.29, 0.717) is 5.78 Å². The summed E-state index contributed by atoms with van der Waals surface area (Å²) in [5.74, 6) is 0.548. The number of nitrogens with zero attached hydrogens (tertiary/aromatic N) is 6. The summed E-state index contributed by atoms with van der Waals surface area (Å²) in [5, 5.41) is 4.24. The van der Waals surface area contributed by atoms with Crippen molar-refractivity contribution in [3.63, 3.8) is 0 Å². The Morgan fingerprint density at radius 1 is 0.955 bits per heavy atom. The Labute approximate surface area is 134 Å². The van der Waals surface area contributed by atoms with Crippen LogP contribution in [0.25, 0.3) is 28.3 Å². The van der Waals surface area contributed by atoms with Gasteiger partial charge in [-0.15, -0.1) is 0 Å². The molecule has 0 spiro atoms. The first-order valence-electron chi connectivity index (χ1n) is 6.54. The van der Waals surface area contributed by atoms with Crippen LogP contribution in [0.1, 0.15) is 0 Å². The van der Waals surface area contributed by atoms with Crippen molar-refractivity contribution < 1.29 is 0 Å². The molecule has 0 saturated heterocycles. The molecule has 106 valence electrons. The van der Waals surface area contributed by atoms with Gasteiger partial charge in [0.15, 0.2) is 0 Å². The van der Waals surface area contributed by atoms with Gasteiger partial charge in [-0.25, -0.2) is 9.97 Å². The second kappa shape index (κ2) is 5.27. The Morgan fingerprint density at radius 2 is 1.82 bits per heavy atom. The summed E-state index contributed by atoms with van der Waals surface area (Å²) < 4.78 is 2.50. The lowest BCUT2D eigenvalue weighted by Crippen LogP contribution is -1.99. The maximum atomic E-state index is 4.54. The largest absolute Gasteiger partial charge is 0.265 e. The molecule has 0 radical (unpaired) electrons. The van der Waals surface area contributed by atoms with E-state index in [1.54, 1.807) is 23.1 Å². The van der Waals surface area contributed by atoms with Crippen molar-refractivity contribution in [2.75, 3.05) is 0 Å². The fraction of sp³-hybridized carbons (Fsp3) is 0. The van der Waals surface area contributed by atoms with Gasteiger partial charge in [0.1, 0.15) is 10.9 Å². The van der Waals surface area contributed by atoms with Gasteiger partial charge in [-0.2, -0.15) is 14.6 Å². The molecule has 0 aliphatic carbocycles. The van der Waals surface area contributed by atoms with E-state index in [0.717, 1.165) is 27.1 Å². The predicted molar refractivity (Wildman–Crippen MR) is 84.9 cm³/mol. The molecule has 22 heavy (non-hydrogen) atoms. The van der Waals surface area contributed by atoms with Crippen LogP contribution in [0.15, 0.2) is 59.9 Å². The second-order valence-corrected chi connectivity index (χ2v) is 5.42.